The lowest BCUT2D eigenvalue weighted by Crippen LogP contribution is -2.48. The second-order valence-corrected chi connectivity index (χ2v) is 3.64. The molecule has 0 spiro atoms. The zero-order valence-electron chi connectivity index (χ0n) is 8.35. The van der Waals surface area contributed by atoms with E-state index in [1.165, 1.54) is 27.4 Å². The van der Waals surface area contributed by atoms with E-state index in [1.54, 1.807) is 0 Å². The van der Waals surface area contributed by atoms with Crippen LogP contribution in [0.4, 0.5) is 0 Å². The van der Waals surface area contributed by atoms with Crippen molar-refractivity contribution in [2.45, 2.75) is 0 Å². The fourth-order valence-electron chi connectivity index (χ4n) is 0.581. The Hall–Kier alpha value is -0.323. The molecule has 0 radical (unpaired) electrons. The molecule has 0 aliphatic rings. The van der Waals surface area contributed by atoms with Crippen LogP contribution in [0.25, 0.3) is 0 Å². The Morgan fingerprint density at radius 2 is 1.43 bits per heavy atom. The summed E-state index contributed by atoms with van der Waals surface area (Å²) in [7, 11) is 0.270. The van der Waals surface area contributed by atoms with Crippen molar-refractivity contribution in [1.82, 2.24) is 0 Å². The van der Waals surface area contributed by atoms with E-state index >= 15 is 0 Å². The van der Waals surface area contributed by atoms with E-state index in [9.17, 15) is 0 Å². The highest BCUT2D eigenvalue weighted by Gasteiger charge is 2.51. The van der Waals surface area contributed by atoms with E-state index in [0.29, 0.717) is 0 Å². The quantitative estimate of drug-likeness (QED) is 0.243. The highest BCUT2D eigenvalue weighted by Crippen LogP contribution is 2.12. The van der Waals surface area contributed by atoms with Gasteiger partial charge in [-0.25, -0.2) is 14.7 Å². The van der Waals surface area contributed by atoms with E-state index < -0.39 is 9.05 Å². The lowest BCUT2D eigenvalue weighted by atomic mass is 10.7. The molecule has 0 rings (SSSR count). The smallest absolute Gasteiger partial charge is 0.343 e. The van der Waals surface area contributed by atoms with Gasteiger partial charge in [0.2, 0.25) is 0 Å². The molecule has 0 atom stereocenters. The van der Waals surface area contributed by atoms with Crippen LogP contribution in [0, 0.1) is 0 Å². The molecule has 0 bridgehead atoms. The molecule has 84 valence electrons. The minimum atomic E-state index is -3.55. The maximum atomic E-state index is 5.08. The minimum absolute atomic E-state index is 0.141. The van der Waals surface area contributed by atoms with Crippen molar-refractivity contribution in [3.05, 3.63) is 12.7 Å². The van der Waals surface area contributed by atoms with Gasteiger partial charge in [-0.2, -0.15) is 13.7 Å². The summed E-state index contributed by atoms with van der Waals surface area (Å²) in [6.45, 7) is 3.59. The van der Waals surface area contributed by atoms with E-state index in [4.69, 9.17) is 4.43 Å². The summed E-state index contributed by atoms with van der Waals surface area (Å²) < 4.78 is 19.1. The molecule has 0 aromatic carbocycles. The molecular weight excluding hydrogens is 212 g/mol. The van der Waals surface area contributed by atoms with Crippen molar-refractivity contribution in [3.8, 4) is 0 Å². The van der Waals surface area contributed by atoms with Gasteiger partial charge < -0.3 is 4.43 Å². The molecule has 0 heterocycles. The Morgan fingerprint density at radius 3 is 1.71 bits per heavy atom. The first-order valence-corrected chi connectivity index (χ1v) is 5.28. The second-order valence-electron chi connectivity index (χ2n) is 1.85. The van der Waals surface area contributed by atoms with Crippen LogP contribution in [-0.2, 0) is 32.8 Å². The fourth-order valence-corrected chi connectivity index (χ4v) is 1.74. The number of rotatable bonds is 9. The SMILES string of the molecule is C=CCO[Si](OOC)(OOC)OOC. The number of hydrogen-bond donors (Lipinski definition) is 0. The summed E-state index contributed by atoms with van der Waals surface area (Å²) >= 11 is 0. The largest absolute Gasteiger partial charge is 0.764 e. The molecule has 0 aliphatic carbocycles. The van der Waals surface area contributed by atoms with Gasteiger partial charge in [-0.3, -0.25) is 0 Å². The molecule has 8 heteroatoms. The Bertz CT molecular complexity index is 136. The van der Waals surface area contributed by atoms with Crippen LogP contribution in [0.2, 0.25) is 0 Å². The van der Waals surface area contributed by atoms with Gasteiger partial charge in [-0.1, -0.05) is 6.08 Å². The first-order chi connectivity index (χ1) is 6.74. The highest BCUT2D eigenvalue weighted by atomic mass is 28.4. The molecule has 0 fully saturated rings. The van der Waals surface area contributed by atoms with Gasteiger partial charge in [-0.15, -0.1) is 6.58 Å². The lowest BCUT2D eigenvalue weighted by Gasteiger charge is -2.21. The van der Waals surface area contributed by atoms with E-state index in [2.05, 4.69) is 35.0 Å². The first-order valence-electron chi connectivity index (χ1n) is 3.65. The van der Waals surface area contributed by atoms with Gasteiger partial charge in [0.25, 0.3) is 0 Å². The molecule has 0 N–H and O–H groups in total. The molecule has 7 nitrogen and oxygen atoms in total. The maximum Gasteiger partial charge on any atom is 0.764 e. The normalized spacial score (nSPS) is 11.6. The Balaban J connectivity index is 4.28. The average Bonchev–Trinajstić information content (AvgIpc) is 2.16. The Kier molecular flexibility index (Phi) is 7.84. The third-order valence-electron chi connectivity index (χ3n) is 0.934. The molecule has 0 saturated heterocycles. The molecule has 0 unspecified atom stereocenters. The van der Waals surface area contributed by atoms with E-state index in [1.807, 2.05) is 0 Å². The Morgan fingerprint density at radius 1 is 1.00 bits per heavy atom. The van der Waals surface area contributed by atoms with Gasteiger partial charge in [0.05, 0.1) is 27.9 Å². The highest BCUT2D eigenvalue weighted by molar-refractivity contribution is 6.52. The van der Waals surface area contributed by atoms with Crippen LogP contribution in [0.1, 0.15) is 0 Å². The van der Waals surface area contributed by atoms with Gasteiger partial charge in [0, 0.05) is 0 Å². The first kappa shape index (κ1) is 13.7. The van der Waals surface area contributed by atoms with Crippen LogP contribution in [0.15, 0.2) is 12.7 Å². The maximum absolute atomic E-state index is 5.08. The topological polar surface area (TPSA) is 64.6 Å². The van der Waals surface area contributed by atoms with Crippen molar-refractivity contribution in [2.24, 2.45) is 0 Å². The van der Waals surface area contributed by atoms with E-state index in [0.717, 1.165) is 0 Å². The van der Waals surface area contributed by atoms with Gasteiger partial charge >= 0.3 is 9.05 Å². The third-order valence-corrected chi connectivity index (χ3v) is 2.57. The molecule has 0 aromatic rings. The summed E-state index contributed by atoms with van der Waals surface area (Å²) in [6, 6.07) is 0. The standard InChI is InChI=1S/C6H14O7Si/c1-5-6-10-14(11-7-2,12-8-3)13-9-4/h5H,1,6H2,2-4H3. The predicted octanol–water partition coefficient (Wildman–Crippen LogP) is 0.359. The van der Waals surface area contributed by atoms with Crippen LogP contribution in [-0.4, -0.2) is 37.0 Å². The van der Waals surface area contributed by atoms with Crippen LogP contribution in [0.3, 0.4) is 0 Å². The molecule has 14 heavy (non-hydrogen) atoms. The van der Waals surface area contributed by atoms with Gasteiger partial charge in [0.15, 0.2) is 0 Å². The van der Waals surface area contributed by atoms with Gasteiger partial charge in [0.1, 0.15) is 0 Å². The van der Waals surface area contributed by atoms with Gasteiger partial charge in [-0.05, 0) is 0 Å². The molecule has 0 aliphatic heterocycles. The molecular formula is C6H14O7Si. The number of hydrogen-bond acceptors (Lipinski definition) is 7. The van der Waals surface area contributed by atoms with Crippen LogP contribution >= 0.6 is 0 Å². The molecule has 0 saturated carbocycles. The van der Waals surface area contributed by atoms with Crippen molar-refractivity contribution >= 4 is 9.05 Å². The van der Waals surface area contributed by atoms with Crippen LogP contribution < -0.4 is 0 Å². The summed E-state index contributed by atoms with van der Waals surface area (Å²) in [4.78, 5) is 13.2. The van der Waals surface area contributed by atoms with Crippen molar-refractivity contribution in [1.29, 1.82) is 0 Å². The predicted molar refractivity (Wildman–Crippen MR) is 46.2 cm³/mol. The third kappa shape index (κ3) is 4.79. The van der Waals surface area contributed by atoms with Crippen LogP contribution in [0.5, 0.6) is 0 Å². The summed E-state index contributed by atoms with van der Waals surface area (Å²) in [5.74, 6) is 0. The van der Waals surface area contributed by atoms with Crippen molar-refractivity contribution < 1.29 is 32.8 Å². The zero-order chi connectivity index (χ0) is 10.9. The van der Waals surface area contributed by atoms with Crippen molar-refractivity contribution in [3.63, 3.8) is 0 Å². The Labute approximate surface area is 83.3 Å². The van der Waals surface area contributed by atoms with Crippen molar-refractivity contribution in [2.75, 3.05) is 27.9 Å². The van der Waals surface area contributed by atoms with E-state index in [-0.39, 0.29) is 6.61 Å². The lowest BCUT2D eigenvalue weighted by molar-refractivity contribution is -0.370. The molecule has 0 aromatic heterocycles. The molecule has 0 amide bonds. The zero-order valence-corrected chi connectivity index (χ0v) is 9.35. The average molecular weight is 226 g/mol. The summed E-state index contributed by atoms with van der Waals surface area (Å²) in [5, 5.41) is 0. The monoisotopic (exact) mass is 226 g/mol. The minimum Gasteiger partial charge on any atom is -0.343 e. The summed E-state index contributed by atoms with van der Waals surface area (Å²) in [5.41, 5.74) is 0. The summed E-state index contributed by atoms with van der Waals surface area (Å²) in [6.07, 6.45) is 1.48. The fraction of sp³-hybridized carbons (Fsp3) is 0.667. The second kappa shape index (κ2) is 8.02.